The maximum absolute atomic E-state index is 12.9. The summed E-state index contributed by atoms with van der Waals surface area (Å²) in [6.45, 7) is 4.76. The van der Waals surface area contributed by atoms with E-state index in [-0.39, 0.29) is 30.3 Å². The molecule has 29 heavy (non-hydrogen) atoms. The Morgan fingerprint density at radius 1 is 1.41 bits per heavy atom. The summed E-state index contributed by atoms with van der Waals surface area (Å²) in [4.78, 5) is 31.1. The number of likely N-dealkylation sites (tertiary alicyclic amines) is 1. The highest BCUT2D eigenvalue weighted by Crippen LogP contribution is 2.22. The van der Waals surface area contributed by atoms with Gasteiger partial charge in [0.25, 0.3) is 0 Å². The van der Waals surface area contributed by atoms with Crippen LogP contribution in [0.1, 0.15) is 38.7 Å². The molecule has 3 atom stereocenters. The summed E-state index contributed by atoms with van der Waals surface area (Å²) in [6.07, 6.45) is 4.83. The zero-order chi connectivity index (χ0) is 21.0. The summed E-state index contributed by atoms with van der Waals surface area (Å²) < 4.78 is 1.62. The minimum absolute atomic E-state index is 0.0153. The molecule has 3 rings (SSSR count). The predicted molar refractivity (Wildman–Crippen MR) is 110 cm³/mol. The third-order valence-electron chi connectivity index (χ3n) is 5.34. The lowest BCUT2D eigenvalue weighted by Crippen LogP contribution is -2.46. The first kappa shape index (κ1) is 21.3. The van der Waals surface area contributed by atoms with E-state index < -0.39 is 6.04 Å². The van der Waals surface area contributed by atoms with Gasteiger partial charge in [0, 0.05) is 30.6 Å². The van der Waals surface area contributed by atoms with Crippen molar-refractivity contribution in [1.82, 2.24) is 25.0 Å². The molecule has 1 aliphatic heterocycles. The molecule has 8 nitrogen and oxygen atoms in total. The average Bonchev–Trinajstić information content (AvgIpc) is 3.35. The third-order valence-corrected chi connectivity index (χ3v) is 5.57. The van der Waals surface area contributed by atoms with Gasteiger partial charge in [-0.2, -0.15) is 5.10 Å². The van der Waals surface area contributed by atoms with Crippen molar-refractivity contribution in [3.63, 3.8) is 0 Å². The van der Waals surface area contributed by atoms with E-state index in [0.29, 0.717) is 24.4 Å². The fourth-order valence-corrected chi connectivity index (χ4v) is 3.70. The normalized spacial score (nSPS) is 19.9. The summed E-state index contributed by atoms with van der Waals surface area (Å²) in [5, 5.41) is 7.64. The summed E-state index contributed by atoms with van der Waals surface area (Å²) in [5.74, 6) is 0.0539. The van der Waals surface area contributed by atoms with Crippen molar-refractivity contribution < 1.29 is 9.59 Å². The number of amides is 2. The van der Waals surface area contributed by atoms with Crippen molar-refractivity contribution in [2.75, 3.05) is 6.54 Å². The van der Waals surface area contributed by atoms with E-state index in [1.54, 1.807) is 28.0 Å². The molecule has 2 heterocycles. The van der Waals surface area contributed by atoms with Crippen molar-refractivity contribution >= 4 is 23.4 Å². The number of carbonyl (C=O) groups excluding carboxylic acids is 2. The molecule has 0 spiro atoms. The number of nitrogens with two attached hydrogens (primary N) is 1. The second kappa shape index (κ2) is 9.37. The molecule has 0 radical (unpaired) electrons. The summed E-state index contributed by atoms with van der Waals surface area (Å²) in [6, 6.07) is 4.63. The molecule has 1 aromatic heterocycles. The summed E-state index contributed by atoms with van der Waals surface area (Å²) in [7, 11) is 0. The second-order valence-electron chi connectivity index (χ2n) is 7.61. The molecule has 1 unspecified atom stereocenters. The number of carbonyl (C=O) groups is 2. The minimum Gasteiger partial charge on any atom is -0.350 e. The standard InChI is InChI=1S/C20H27ClN6O2/c1-3-13(2)6-19(28)26-10-16(22)8-18(26)20(29)24-9-14-7-15(21)4-5-17(14)27-12-23-11-25-27/h4-5,7,11-13,16,18H,3,6,8-10,22H2,1-2H3,(H,24,29)/t13-,16+,18?/m1/s1. The molecule has 9 heteroatoms. The van der Waals surface area contributed by atoms with Crippen LogP contribution in [0.25, 0.3) is 5.69 Å². The van der Waals surface area contributed by atoms with Crippen molar-refractivity contribution in [2.24, 2.45) is 11.7 Å². The predicted octanol–water partition coefficient (Wildman–Crippen LogP) is 1.90. The number of nitrogens with zero attached hydrogens (tertiary/aromatic N) is 4. The molecule has 1 aromatic carbocycles. The van der Waals surface area contributed by atoms with Crippen molar-refractivity contribution in [2.45, 2.75) is 51.7 Å². The van der Waals surface area contributed by atoms with E-state index in [0.717, 1.165) is 17.7 Å². The zero-order valence-corrected chi connectivity index (χ0v) is 17.5. The Morgan fingerprint density at radius 2 is 2.21 bits per heavy atom. The fourth-order valence-electron chi connectivity index (χ4n) is 3.50. The summed E-state index contributed by atoms with van der Waals surface area (Å²) >= 11 is 6.14. The first-order valence-corrected chi connectivity index (χ1v) is 10.2. The first-order valence-electron chi connectivity index (χ1n) is 9.85. The number of aromatic nitrogens is 3. The van der Waals surface area contributed by atoms with Gasteiger partial charge in [-0.3, -0.25) is 9.59 Å². The second-order valence-corrected chi connectivity index (χ2v) is 8.04. The Kier molecular flexibility index (Phi) is 6.87. The van der Waals surface area contributed by atoms with E-state index in [1.807, 2.05) is 13.0 Å². The molecule has 2 amide bonds. The van der Waals surface area contributed by atoms with Gasteiger partial charge in [0.1, 0.15) is 18.7 Å². The van der Waals surface area contributed by atoms with Gasteiger partial charge in [-0.25, -0.2) is 9.67 Å². The van der Waals surface area contributed by atoms with E-state index in [4.69, 9.17) is 17.3 Å². The Balaban J connectivity index is 1.70. The number of nitrogens with one attached hydrogen (secondary N) is 1. The number of hydrogen-bond donors (Lipinski definition) is 2. The lowest BCUT2D eigenvalue weighted by Gasteiger charge is -2.25. The largest absolute Gasteiger partial charge is 0.350 e. The molecule has 0 saturated carbocycles. The van der Waals surface area contributed by atoms with Crippen LogP contribution in [-0.2, 0) is 16.1 Å². The van der Waals surface area contributed by atoms with Crippen molar-refractivity contribution in [3.05, 3.63) is 41.4 Å². The van der Waals surface area contributed by atoms with Gasteiger partial charge in [0.2, 0.25) is 11.8 Å². The van der Waals surface area contributed by atoms with Crippen LogP contribution in [0.5, 0.6) is 0 Å². The zero-order valence-electron chi connectivity index (χ0n) is 16.7. The van der Waals surface area contributed by atoms with Crippen LogP contribution in [0, 0.1) is 5.92 Å². The quantitative estimate of drug-likeness (QED) is 0.714. The van der Waals surface area contributed by atoms with Gasteiger partial charge in [-0.05, 0) is 36.1 Å². The van der Waals surface area contributed by atoms with Gasteiger partial charge in [-0.15, -0.1) is 0 Å². The molecule has 156 valence electrons. The molecule has 1 aliphatic rings. The van der Waals surface area contributed by atoms with E-state index >= 15 is 0 Å². The van der Waals surface area contributed by atoms with Crippen LogP contribution >= 0.6 is 11.6 Å². The molecule has 0 aliphatic carbocycles. The molecule has 0 bridgehead atoms. The van der Waals surface area contributed by atoms with Crippen molar-refractivity contribution in [3.8, 4) is 5.69 Å². The van der Waals surface area contributed by atoms with Gasteiger partial charge in [0.05, 0.1) is 5.69 Å². The molecular formula is C20H27ClN6O2. The lowest BCUT2D eigenvalue weighted by atomic mass is 10.0. The Labute approximate surface area is 175 Å². The maximum Gasteiger partial charge on any atom is 0.243 e. The van der Waals surface area contributed by atoms with Crippen LogP contribution in [0.4, 0.5) is 0 Å². The number of hydrogen-bond acceptors (Lipinski definition) is 5. The highest BCUT2D eigenvalue weighted by molar-refractivity contribution is 6.30. The van der Waals surface area contributed by atoms with Crippen LogP contribution in [-0.4, -0.2) is 50.1 Å². The third kappa shape index (κ3) is 5.13. The Hall–Kier alpha value is -2.45. The lowest BCUT2D eigenvalue weighted by molar-refractivity contribution is -0.139. The molecule has 1 fully saturated rings. The molecule has 2 aromatic rings. The van der Waals surface area contributed by atoms with Crippen LogP contribution in [0.15, 0.2) is 30.9 Å². The van der Waals surface area contributed by atoms with E-state index in [9.17, 15) is 9.59 Å². The Morgan fingerprint density at radius 3 is 2.90 bits per heavy atom. The van der Waals surface area contributed by atoms with Gasteiger partial charge < -0.3 is 16.0 Å². The SMILES string of the molecule is CC[C@@H](C)CC(=O)N1C[C@@H](N)CC1C(=O)NCc1cc(Cl)ccc1-n1cncn1. The van der Waals surface area contributed by atoms with Crippen LogP contribution in [0.2, 0.25) is 5.02 Å². The highest BCUT2D eigenvalue weighted by atomic mass is 35.5. The molecule has 1 saturated heterocycles. The smallest absolute Gasteiger partial charge is 0.243 e. The number of rotatable bonds is 7. The van der Waals surface area contributed by atoms with Crippen LogP contribution < -0.4 is 11.1 Å². The number of halogens is 1. The van der Waals surface area contributed by atoms with Gasteiger partial charge >= 0.3 is 0 Å². The van der Waals surface area contributed by atoms with E-state index in [2.05, 4.69) is 22.3 Å². The minimum atomic E-state index is -0.546. The van der Waals surface area contributed by atoms with Gasteiger partial charge in [-0.1, -0.05) is 31.9 Å². The topological polar surface area (TPSA) is 106 Å². The summed E-state index contributed by atoms with van der Waals surface area (Å²) in [5.41, 5.74) is 7.64. The first-order chi connectivity index (χ1) is 13.9. The van der Waals surface area contributed by atoms with E-state index in [1.165, 1.54) is 6.33 Å². The average molecular weight is 419 g/mol. The maximum atomic E-state index is 12.9. The Bertz CT molecular complexity index is 857. The highest BCUT2D eigenvalue weighted by Gasteiger charge is 2.38. The van der Waals surface area contributed by atoms with Gasteiger partial charge in [0.15, 0.2) is 0 Å². The molecular weight excluding hydrogens is 392 g/mol. The monoisotopic (exact) mass is 418 g/mol. The molecule has 3 N–H and O–H groups in total. The van der Waals surface area contributed by atoms with Crippen molar-refractivity contribution in [1.29, 1.82) is 0 Å². The van der Waals surface area contributed by atoms with Crippen LogP contribution in [0.3, 0.4) is 0 Å². The number of benzene rings is 1. The fraction of sp³-hybridized carbons (Fsp3) is 0.500.